The Kier molecular flexibility index (Phi) is 3.75. The Morgan fingerprint density at radius 1 is 1.50 bits per heavy atom. The summed E-state index contributed by atoms with van der Waals surface area (Å²) in [4.78, 5) is 21.9. The van der Waals surface area contributed by atoms with Crippen molar-refractivity contribution in [1.29, 1.82) is 0 Å². The van der Waals surface area contributed by atoms with Gasteiger partial charge in [0.2, 0.25) is 5.95 Å². The first kappa shape index (κ1) is 12.7. The molecule has 1 fully saturated rings. The van der Waals surface area contributed by atoms with Crippen LogP contribution in [0.15, 0.2) is 12.4 Å². The maximum atomic E-state index is 11.6. The molecule has 4 N–H and O–H groups in total. The number of rotatable bonds is 2. The summed E-state index contributed by atoms with van der Waals surface area (Å²) in [5.41, 5.74) is 0.981. The summed E-state index contributed by atoms with van der Waals surface area (Å²) in [5.74, 6) is 10.5. The average molecular weight is 250 g/mol. The smallest absolute Gasteiger partial charge is 0.281 e. The van der Waals surface area contributed by atoms with Gasteiger partial charge in [0.1, 0.15) is 7.85 Å². The lowest BCUT2D eigenvalue weighted by molar-refractivity contribution is -0.145. The van der Waals surface area contributed by atoms with Gasteiger partial charge in [-0.2, -0.15) is 0 Å². The van der Waals surface area contributed by atoms with Crippen LogP contribution in [0, 0.1) is 0 Å². The molecule has 2 heterocycles. The van der Waals surface area contributed by atoms with Crippen molar-refractivity contribution < 1.29 is 9.53 Å². The third kappa shape index (κ3) is 2.75. The number of carbonyl (C=O) groups excluding carboxylic acids is 1. The Morgan fingerprint density at radius 2 is 2.17 bits per heavy atom. The van der Waals surface area contributed by atoms with Crippen molar-refractivity contribution in [2.75, 3.05) is 24.6 Å². The Balaban J connectivity index is 2.07. The van der Waals surface area contributed by atoms with Crippen LogP contribution >= 0.6 is 0 Å². The van der Waals surface area contributed by atoms with Crippen LogP contribution in [0.3, 0.4) is 0 Å². The van der Waals surface area contributed by atoms with Gasteiger partial charge in [-0.3, -0.25) is 4.79 Å². The fourth-order valence-corrected chi connectivity index (χ4v) is 1.70. The zero-order valence-corrected chi connectivity index (χ0v) is 10.1. The second-order valence-corrected chi connectivity index (χ2v) is 4.11. The molecule has 8 nitrogen and oxygen atoms in total. The summed E-state index contributed by atoms with van der Waals surface area (Å²) >= 11 is 0. The minimum absolute atomic E-state index is 0.340. The standard InChI is InChI=1S/C9H15BN6O2/c10-6-3-13-9(14-4-6)15-1-2-18-7(5-15)8(17)16(11)12/h3-4,7H,1-2,5,10-12H2/t7-/m1/s1. The van der Waals surface area contributed by atoms with Gasteiger partial charge in [0.05, 0.1) is 13.2 Å². The molecule has 1 aromatic heterocycles. The van der Waals surface area contributed by atoms with Crippen LogP contribution in [0.2, 0.25) is 0 Å². The van der Waals surface area contributed by atoms with E-state index in [1.54, 1.807) is 12.4 Å². The molecule has 0 aromatic carbocycles. The number of nitrogens with zero attached hydrogens (tertiary/aromatic N) is 4. The monoisotopic (exact) mass is 250 g/mol. The lowest BCUT2D eigenvalue weighted by atomic mass is 10.0. The summed E-state index contributed by atoms with van der Waals surface area (Å²) in [5, 5.41) is 0.546. The molecule has 96 valence electrons. The normalized spacial score (nSPS) is 19.7. The van der Waals surface area contributed by atoms with Crippen LogP contribution in [0.25, 0.3) is 0 Å². The number of hydrazine groups is 2. The number of amides is 1. The van der Waals surface area contributed by atoms with Crippen molar-refractivity contribution in [3.8, 4) is 0 Å². The highest BCUT2D eigenvalue weighted by Crippen LogP contribution is 2.12. The van der Waals surface area contributed by atoms with Gasteiger partial charge in [0.15, 0.2) is 6.10 Å². The minimum Gasteiger partial charge on any atom is -0.365 e. The Morgan fingerprint density at radius 3 is 2.78 bits per heavy atom. The number of anilines is 1. The molecule has 0 aliphatic carbocycles. The first-order valence-electron chi connectivity index (χ1n) is 5.56. The second kappa shape index (κ2) is 5.30. The van der Waals surface area contributed by atoms with E-state index in [1.807, 2.05) is 12.7 Å². The van der Waals surface area contributed by atoms with Gasteiger partial charge in [-0.05, 0) is 0 Å². The molecule has 0 bridgehead atoms. The van der Waals surface area contributed by atoms with Crippen molar-refractivity contribution >= 4 is 25.2 Å². The van der Waals surface area contributed by atoms with Crippen LogP contribution in [0.5, 0.6) is 0 Å². The Labute approximate surface area is 105 Å². The number of hydrogen-bond acceptors (Lipinski definition) is 7. The molecule has 18 heavy (non-hydrogen) atoms. The third-order valence-corrected chi connectivity index (χ3v) is 2.65. The molecule has 0 unspecified atom stereocenters. The lowest BCUT2D eigenvalue weighted by Gasteiger charge is -2.32. The minimum atomic E-state index is -0.682. The highest BCUT2D eigenvalue weighted by molar-refractivity contribution is 6.31. The van der Waals surface area contributed by atoms with E-state index < -0.39 is 12.0 Å². The van der Waals surface area contributed by atoms with Gasteiger partial charge in [-0.25, -0.2) is 26.8 Å². The largest absolute Gasteiger partial charge is 0.365 e. The van der Waals surface area contributed by atoms with Crippen molar-refractivity contribution in [2.45, 2.75) is 6.10 Å². The van der Waals surface area contributed by atoms with Crippen molar-refractivity contribution in [1.82, 2.24) is 15.1 Å². The van der Waals surface area contributed by atoms with Crippen LogP contribution in [-0.4, -0.2) is 54.6 Å². The zero-order chi connectivity index (χ0) is 13.1. The summed E-state index contributed by atoms with van der Waals surface area (Å²) in [6.07, 6.45) is 2.78. The van der Waals surface area contributed by atoms with Crippen molar-refractivity contribution in [3.05, 3.63) is 12.4 Å². The molecule has 9 heteroatoms. The van der Waals surface area contributed by atoms with E-state index in [2.05, 4.69) is 9.97 Å². The number of aromatic nitrogens is 2. The highest BCUT2D eigenvalue weighted by Gasteiger charge is 2.29. The molecular weight excluding hydrogens is 235 g/mol. The van der Waals surface area contributed by atoms with Crippen LogP contribution in [-0.2, 0) is 9.53 Å². The molecule has 1 aliphatic rings. The quantitative estimate of drug-likeness (QED) is 0.242. The number of hydrogen-bond donors (Lipinski definition) is 2. The number of carbonyl (C=O) groups is 1. The fraction of sp³-hybridized carbons (Fsp3) is 0.444. The molecule has 0 radical (unpaired) electrons. The van der Waals surface area contributed by atoms with Gasteiger partial charge < -0.3 is 9.64 Å². The number of nitrogens with two attached hydrogens (primary N) is 2. The van der Waals surface area contributed by atoms with Crippen molar-refractivity contribution in [2.24, 2.45) is 11.7 Å². The first-order chi connectivity index (χ1) is 8.58. The first-order valence-corrected chi connectivity index (χ1v) is 5.56. The third-order valence-electron chi connectivity index (χ3n) is 2.65. The predicted octanol–water partition coefficient (Wildman–Crippen LogP) is -3.48. The molecule has 0 saturated carbocycles. The Hall–Kier alpha value is -1.71. The molecular formula is C9H15BN6O2. The van der Waals surface area contributed by atoms with E-state index in [-0.39, 0.29) is 0 Å². The van der Waals surface area contributed by atoms with E-state index in [1.165, 1.54) is 0 Å². The zero-order valence-electron chi connectivity index (χ0n) is 10.1. The molecule has 2 rings (SSSR count). The van der Waals surface area contributed by atoms with E-state index in [4.69, 9.17) is 16.4 Å². The average Bonchev–Trinajstić information content (AvgIpc) is 2.38. The maximum Gasteiger partial charge on any atom is 0.281 e. The van der Waals surface area contributed by atoms with Gasteiger partial charge in [0.25, 0.3) is 5.91 Å². The summed E-state index contributed by atoms with van der Waals surface area (Å²) in [7, 11) is 1.91. The van der Waals surface area contributed by atoms with Crippen LogP contribution in [0.4, 0.5) is 5.95 Å². The van der Waals surface area contributed by atoms with E-state index in [0.717, 1.165) is 5.46 Å². The molecule has 1 atom stereocenters. The molecule has 1 aliphatic heterocycles. The lowest BCUT2D eigenvalue weighted by Crippen LogP contribution is -2.55. The summed E-state index contributed by atoms with van der Waals surface area (Å²) < 4.78 is 5.33. The topological polar surface area (TPSA) is 111 Å². The predicted molar refractivity (Wildman–Crippen MR) is 67.4 cm³/mol. The second-order valence-electron chi connectivity index (χ2n) is 4.11. The molecule has 1 saturated heterocycles. The molecule has 0 spiro atoms. The van der Waals surface area contributed by atoms with E-state index in [9.17, 15) is 4.79 Å². The van der Waals surface area contributed by atoms with Gasteiger partial charge in [-0.1, -0.05) is 5.46 Å². The summed E-state index contributed by atoms with van der Waals surface area (Å²) in [6, 6.07) is 0. The van der Waals surface area contributed by atoms with Crippen molar-refractivity contribution in [3.63, 3.8) is 0 Å². The SMILES string of the molecule is Bc1cnc(N2CCO[C@@H](C(=O)N(N)N)C2)nc1. The Bertz CT molecular complexity index is 426. The number of ether oxygens (including phenoxy) is 1. The van der Waals surface area contributed by atoms with E-state index >= 15 is 0 Å². The molecule has 1 amide bonds. The highest BCUT2D eigenvalue weighted by atomic mass is 16.5. The van der Waals surface area contributed by atoms with Gasteiger partial charge >= 0.3 is 0 Å². The maximum absolute atomic E-state index is 11.6. The number of morpholine rings is 1. The summed E-state index contributed by atoms with van der Waals surface area (Å²) in [6.45, 7) is 1.37. The van der Waals surface area contributed by atoms with E-state index in [0.29, 0.717) is 30.8 Å². The van der Waals surface area contributed by atoms with Crippen LogP contribution in [0.1, 0.15) is 0 Å². The van der Waals surface area contributed by atoms with Gasteiger partial charge in [0, 0.05) is 18.9 Å². The van der Waals surface area contributed by atoms with Crippen LogP contribution < -0.4 is 22.0 Å². The molecule has 1 aromatic rings. The van der Waals surface area contributed by atoms with Gasteiger partial charge in [-0.15, -0.1) is 0 Å². The fourth-order valence-electron chi connectivity index (χ4n) is 1.70.